The first kappa shape index (κ1) is 18.8. The van der Waals surface area contributed by atoms with E-state index in [1.807, 2.05) is 19.1 Å². The Morgan fingerprint density at radius 2 is 2.03 bits per heavy atom. The van der Waals surface area contributed by atoms with Crippen molar-refractivity contribution in [3.05, 3.63) is 73.6 Å². The summed E-state index contributed by atoms with van der Waals surface area (Å²) in [6, 6.07) is 9.81. The van der Waals surface area contributed by atoms with Gasteiger partial charge in [0, 0.05) is 18.2 Å². The highest BCUT2D eigenvalue weighted by molar-refractivity contribution is 6.05. The maximum Gasteiger partial charge on any atom is 0.329 e. The van der Waals surface area contributed by atoms with E-state index in [1.54, 1.807) is 6.07 Å². The van der Waals surface area contributed by atoms with Gasteiger partial charge in [-0.05, 0) is 56.2 Å². The number of amides is 1. The first-order valence-electron chi connectivity index (χ1n) is 10.6. The van der Waals surface area contributed by atoms with E-state index in [0.29, 0.717) is 17.8 Å². The normalized spacial score (nSPS) is 18.2. The number of benzene rings is 1. The number of fused-ring (bicyclic) bond motifs is 2. The number of aromatic amines is 1. The number of carbonyl (C=O) groups is 1. The lowest BCUT2D eigenvalue weighted by atomic mass is 9.87. The third-order valence-corrected chi connectivity index (χ3v) is 6.20. The van der Waals surface area contributed by atoms with Crippen LogP contribution in [0.2, 0.25) is 0 Å². The quantitative estimate of drug-likeness (QED) is 0.699. The molecule has 0 aliphatic heterocycles. The SMILES string of the molecule is CCn1c(=O)[nH]c(=O)c2c(C(=O)NC3CCCc4ccccc43)cc(C3CC3)nc21. The summed E-state index contributed by atoms with van der Waals surface area (Å²) in [4.78, 5) is 45.3. The number of pyridine rings is 1. The number of aromatic nitrogens is 3. The third kappa shape index (κ3) is 3.14. The van der Waals surface area contributed by atoms with Crippen molar-refractivity contribution in [1.82, 2.24) is 19.9 Å². The minimum atomic E-state index is -0.566. The highest BCUT2D eigenvalue weighted by Crippen LogP contribution is 2.40. The zero-order chi connectivity index (χ0) is 20.8. The summed E-state index contributed by atoms with van der Waals surface area (Å²) in [6.45, 7) is 2.19. The van der Waals surface area contributed by atoms with Crippen molar-refractivity contribution in [3.8, 4) is 0 Å². The number of H-pyrrole nitrogens is 1. The molecule has 0 spiro atoms. The fraction of sp³-hybridized carbons (Fsp3) is 0.391. The summed E-state index contributed by atoms with van der Waals surface area (Å²) in [5.41, 5.74) is 2.70. The second kappa shape index (κ2) is 7.23. The van der Waals surface area contributed by atoms with Crippen molar-refractivity contribution >= 4 is 16.9 Å². The van der Waals surface area contributed by atoms with Crippen LogP contribution in [0.25, 0.3) is 11.0 Å². The van der Waals surface area contributed by atoms with E-state index in [0.717, 1.165) is 43.4 Å². The molecule has 1 fully saturated rings. The monoisotopic (exact) mass is 404 g/mol. The van der Waals surface area contributed by atoms with E-state index in [4.69, 9.17) is 0 Å². The molecular formula is C23H24N4O3. The minimum absolute atomic E-state index is 0.0915. The highest BCUT2D eigenvalue weighted by atomic mass is 16.2. The van der Waals surface area contributed by atoms with Gasteiger partial charge >= 0.3 is 5.69 Å². The Bertz CT molecular complexity index is 1270. The van der Waals surface area contributed by atoms with Gasteiger partial charge in [-0.3, -0.25) is 19.1 Å². The molecule has 1 saturated carbocycles. The molecule has 2 N–H and O–H groups in total. The Kier molecular flexibility index (Phi) is 4.53. The van der Waals surface area contributed by atoms with Crippen LogP contribution in [-0.2, 0) is 13.0 Å². The average molecular weight is 404 g/mol. The zero-order valence-corrected chi connectivity index (χ0v) is 16.9. The van der Waals surface area contributed by atoms with E-state index < -0.39 is 11.2 Å². The Labute approximate surface area is 173 Å². The number of rotatable bonds is 4. The van der Waals surface area contributed by atoms with Crippen LogP contribution in [0.1, 0.15) is 71.7 Å². The molecule has 154 valence electrons. The van der Waals surface area contributed by atoms with Crippen molar-refractivity contribution in [2.45, 2.75) is 57.5 Å². The second-order valence-electron chi connectivity index (χ2n) is 8.19. The molecule has 1 unspecified atom stereocenters. The number of hydrogen-bond donors (Lipinski definition) is 2. The standard InChI is InChI=1S/C23H24N4O3/c1-2-27-20-19(22(29)26-23(27)30)16(12-18(24-20)14-10-11-14)21(28)25-17-9-5-7-13-6-3-4-8-15(13)17/h3-4,6,8,12,14,17H,2,5,7,9-11H2,1H3,(H,25,28)(H,26,29,30). The van der Waals surface area contributed by atoms with Crippen molar-refractivity contribution in [2.24, 2.45) is 0 Å². The predicted molar refractivity (Wildman–Crippen MR) is 114 cm³/mol. The van der Waals surface area contributed by atoms with Crippen LogP contribution in [0, 0.1) is 0 Å². The molecule has 0 saturated heterocycles. The molecule has 3 aromatic rings. The van der Waals surface area contributed by atoms with Gasteiger partial charge in [0.05, 0.1) is 17.0 Å². The maximum absolute atomic E-state index is 13.4. The van der Waals surface area contributed by atoms with Gasteiger partial charge in [-0.15, -0.1) is 0 Å². The van der Waals surface area contributed by atoms with Crippen LogP contribution >= 0.6 is 0 Å². The van der Waals surface area contributed by atoms with Gasteiger partial charge in [0.1, 0.15) is 0 Å². The molecule has 0 bridgehead atoms. The minimum Gasteiger partial charge on any atom is -0.345 e. The van der Waals surface area contributed by atoms with Crippen molar-refractivity contribution in [2.75, 3.05) is 0 Å². The molecule has 7 heteroatoms. The summed E-state index contributed by atoms with van der Waals surface area (Å²) in [5, 5.41) is 3.33. The van der Waals surface area contributed by atoms with Gasteiger partial charge in [-0.25, -0.2) is 9.78 Å². The molecule has 1 aromatic carbocycles. The van der Waals surface area contributed by atoms with Gasteiger partial charge in [0.15, 0.2) is 5.65 Å². The van der Waals surface area contributed by atoms with Crippen LogP contribution in [-0.4, -0.2) is 20.4 Å². The Morgan fingerprint density at radius 3 is 2.80 bits per heavy atom. The predicted octanol–water partition coefficient (Wildman–Crippen LogP) is 2.79. The van der Waals surface area contributed by atoms with Crippen molar-refractivity contribution in [3.63, 3.8) is 0 Å². The number of carbonyl (C=O) groups excluding carboxylic acids is 1. The van der Waals surface area contributed by atoms with Gasteiger partial charge in [0.25, 0.3) is 11.5 Å². The summed E-state index contributed by atoms with van der Waals surface area (Å²) in [5.74, 6) is -0.00569. The van der Waals surface area contributed by atoms with E-state index >= 15 is 0 Å². The molecule has 2 aliphatic rings. The summed E-state index contributed by atoms with van der Waals surface area (Å²) < 4.78 is 1.43. The fourth-order valence-corrected chi connectivity index (χ4v) is 4.49. The lowest BCUT2D eigenvalue weighted by Crippen LogP contribution is -2.35. The summed E-state index contributed by atoms with van der Waals surface area (Å²) in [6.07, 6.45) is 4.89. The lowest BCUT2D eigenvalue weighted by Gasteiger charge is -2.26. The van der Waals surface area contributed by atoms with Crippen LogP contribution in [0.3, 0.4) is 0 Å². The average Bonchev–Trinajstić information content (AvgIpc) is 3.59. The van der Waals surface area contributed by atoms with E-state index in [2.05, 4.69) is 27.4 Å². The maximum atomic E-state index is 13.4. The first-order valence-corrected chi connectivity index (χ1v) is 10.6. The number of nitrogens with zero attached hydrogens (tertiary/aromatic N) is 2. The molecule has 2 heterocycles. The van der Waals surface area contributed by atoms with Crippen LogP contribution in [0.15, 0.2) is 39.9 Å². The molecule has 0 radical (unpaired) electrons. The van der Waals surface area contributed by atoms with E-state index in [9.17, 15) is 14.4 Å². The van der Waals surface area contributed by atoms with Crippen LogP contribution in [0.5, 0.6) is 0 Å². The van der Waals surface area contributed by atoms with Gasteiger partial charge in [-0.2, -0.15) is 0 Å². The largest absolute Gasteiger partial charge is 0.345 e. The second-order valence-corrected chi connectivity index (χ2v) is 8.19. The van der Waals surface area contributed by atoms with Gasteiger partial charge < -0.3 is 5.32 Å². The smallest absolute Gasteiger partial charge is 0.329 e. The number of aryl methyl sites for hydroxylation is 2. The molecule has 2 aliphatic carbocycles. The molecule has 5 rings (SSSR count). The molecule has 2 aromatic heterocycles. The van der Waals surface area contributed by atoms with Crippen LogP contribution < -0.4 is 16.6 Å². The van der Waals surface area contributed by atoms with Gasteiger partial charge in [-0.1, -0.05) is 24.3 Å². The van der Waals surface area contributed by atoms with E-state index in [-0.39, 0.29) is 23.3 Å². The van der Waals surface area contributed by atoms with Gasteiger partial charge in [0.2, 0.25) is 0 Å². The molecule has 30 heavy (non-hydrogen) atoms. The van der Waals surface area contributed by atoms with E-state index in [1.165, 1.54) is 10.1 Å². The topological polar surface area (TPSA) is 96.9 Å². The fourth-order valence-electron chi connectivity index (χ4n) is 4.49. The zero-order valence-electron chi connectivity index (χ0n) is 16.9. The Morgan fingerprint density at radius 1 is 1.23 bits per heavy atom. The van der Waals surface area contributed by atoms with Crippen molar-refractivity contribution in [1.29, 1.82) is 0 Å². The highest BCUT2D eigenvalue weighted by Gasteiger charge is 2.29. The molecule has 1 atom stereocenters. The summed E-state index contributed by atoms with van der Waals surface area (Å²) in [7, 11) is 0. The number of nitrogens with one attached hydrogen (secondary N) is 2. The molecular weight excluding hydrogens is 380 g/mol. The van der Waals surface area contributed by atoms with Crippen molar-refractivity contribution < 1.29 is 4.79 Å². The van der Waals surface area contributed by atoms with Crippen LogP contribution in [0.4, 0.5) is 0 Å². The number of hydrogen-bond acceptors (Lipinski definition) is 4. The Balaban J connectivity index is 1.63. The third-order valence-electron chi connectivity index (χ3n) is 6.20. The molecule has 1 amide bonds. The first-order chi connectivity index (χ1) is 14.6. The molecule has 7 nitrogen and oxygen atoms in total. The Hall–Kier alpha value is -3.22. The lowest BCUT2D eigenvalue weighted by molar-refractivity contribution is 0.0934. The summed E-state index contributed by atoms with van der Waals surface area (Å²) >= 11 is 0.